The van der Waals surface area contributed by atoms with Crippen LogP contribution in [-0.4, -0.2) is 41.1 Å². The van der Waals surface area contributed by atoms with Gasteiger partial charge in [-0.15, -0.1) is 0 Å². The van der Waals surface area contributed by atoms with E-state index in [0.29, 0.717) is 21.5 Å². The third kappa shape index (κ3) is 4.72. The maximum atomic E-state index is 13.0. The summed E-state index contributed by atoms with van der Waals surface area (Å²) in [4.78, 5) is 41.5. The molecule has 2 aromatic rings. The van der Waals surface area contributed by atoms with Crippen LogP contribution < -0.4 is 10.2 Å². The molecule has 1 saturated heterocycles. The molecule has 0 bridgehead atoms. The van der Waals surface area contributed by atoms with Gasteiger partial charge in [0.05, 0.1) is 4.91 Å². The smallest absolute Gasteiger partial charge is 0.294 e. The Morgan fingerprint density at radius 1 is 1.24 bits per heavy atom. The molecule has 1 atom stereocenters. The molecule has 3 amide bonds. The van der Waals surface area contributed by atoms with Crippen LogP contribution in [0.2, 0.25) is 5.02 Å². The maximum Gasteiger partial charge on any atom is 0.294 e. The molecule has 1 N–H and O–H groups in total. The lowest BCUT2D eigenvalue weighted by Crippen LogP contribution is -2.45. The number of imide groups is 1. The molecular weight excluding hydrogens is 470 g/mol. The molecule has 6 nitrogen and oxygen atoms in total. The van der Waals surface area contributed by atoms with Crippen LogP contribution in [0.1, 0.15) is 49.8 Å². The first-order valence-corrected chi connectivity index (χ1v) is 12.3. The molecule has 0 radical (unpaired) electrons. The number of aryl methyl sites for hydroxylation is 1. The molecule has 178 valence electrons. The fourth-order valence-electron chi connectivity index (χ4n) is 4.54. The van der Waals surface area contributed by atoms with Gasteiger partial charge in [-0.3, -0.25) is 19.3 Å². The van der Waals surface area contributed by atoms with Crippen molar-refractivity contribution in [3.8, 4) is 0 Å². The van der Waals surface area contributed by atoms with Crippen molar-refractivity contribution in [2.45, 2.75) is 45.6 Å². The number of hydrogen-bond donors (Lipinski definition) is 1. The van der Waals surface area contributed by atoms with Gasteiger partial charge >= 0.3 is 0 Å². The Labute approximate surface area is 209 Å². The molecule has 34 heavy (non-hydrogen) atoms. The van der Waals surface area contributed by atoms with Gasteiger partial charge in [0.15, 0.2) is 0 Å². The average Bonchev–Trinajstić information content (AvgIpc) is 3.02. The highest BCUT2D eigenvalue weighted by atomic mass is 35.5. The minimum atomic E-state index is -0.454. The Balaban J connectivity index is 1.54. The largest absolute Gasteiger partial charge is 0.369 e. The van der Waals surface area contributed by atoms with Gasteiger partial charge in [-0.05, 0) is 104 Å². The zero-order valence-electron chi connectivity index (χ0n) is 19.9. The summed E-state index contributed by atoms with van der Waals surface area (Å²) in [6.45, 7) is 8.38. The summed E-state index contributed by atoms with van der Waals surface area (Å²) in [5.41, 5.74) is 4.99. The SMILES string of the molecule is Cc1cc2c(cc1/C=C1\SC(=O)N(CC(=O)Nc3ccc(Cl)cc3)C1=O)[C@H](C)CC(C)(C)N2C. The Hall–Kier alpha value is -2.77. The third-order valence-corrected chi connectivity index (χ3v) is 7.77. The van der Waals surface area contributed by atoms with Crippen molar-refractivity contribution in [1.29, 1.82) is 0 Å². The van der Waals surface area contributed by atoms with Crippen molar-refractivity contribution in [2.24, 2.45) is 0 Å². The number of nitrogens with zero attached hydrogens (tertiary/aromatic N) is 2. The predicted molar refractivity (Wildman–Crippen MR) is 139 cm³/mol. The van der Waals surface area contributed by atoms with Gasteiger partial charge in [-0.25, -0.2) is 0 Å². The highest BCUT2D eigenvalue weighted by molar-refractivity contribution is 8.18. The average molecular weight is 498 g/mol. The van der Waals surface area contributed by atoms with E-state index < -0.39 is 17.1 Å². The summed E-state index contributed by atoms with van der Waals surface area (Å²) in [7, 11) is 2.12. The number of benzene rings is 2. The van der Waals surface area contributed by atoms with Crippen molar-refractivity contribution in [1.82, 2.24) is 4.90 Å². The zero-order valence-corrected chi connectivity index (χ0v) is 21.5. The molecule has 0 saturated carbocycles. The minimum Gasteiger partial charge on any atom is -0.369 e. The predicted octanol–water partition coefficient (Wildman–Crippen LogP) is 6.05. The number of nitrogens with one attached hydrogen (secondary N) is 1. The van der Waals surface area contributed by atoms with E-state index in [1.165, 1.54) is 11.3 Å². The number of amides is 3. The molecule has 2 aliphatic heterocycles. The van der Waals surface area contributed by atoms with E-state index in [9.17, 15) is 14.4 Å². The van der Waals surface area contributed by atoms with Crippen LogP contribution in [0.4, 0.5) is 16.2 Å². The van der Waals surface area contributed by atoms with Crippen LogP contribution in [0.15, 0.2) is 41.3 Å². The van der Waals surface area contributed by atoms with E-state index >= 15 is 0 Å². The fraction of sp³-hybridized carbons (Fsp3) is 0.346. The standard InChI is InChI=1S/C26H28ClN3O3S/c1-15-10-21-20(16(2)13-26(3,4)29(21)5)11-17(15)12-22-24(32)30(25(33)34-22)14-23(31)28-19-8-6-18(27)7-9-19/h6-12,16H,13-14H2,1-5H3,(H,28,31)/b22-12-/t16-/m1/s1. The Morgan fingerprint density at radius 2 is 1.91 bits per heavy atom. The number of fused-ring (bicyclic) bond motifs is 1. The Bertz CT molecular complexity index is 1210. The Morgan fingerprint density at radius 3 is 2.59 bits per heavy atom. The molecule has 4 rings (SSSR count). The molecule has 0 aliphatic carbocycles. The quantitative estimate of drug-likeness (QED) is 0.521. The van der Waals surface area contributed by atoms with Gasteiger partial charge in [0.2, 0.25) is 5.91 Å². The fourth-order valence-corrected chi connectivity index (χ4v) is 5.50. The van der Waals surface area contributed by atoms with Crippen molar-refractivity contribution in [3.63, 3.8) is 0 Å². The molecular formula is C26H28ClN3O3S. The minimum absolute atomic E-state index is 0.0651. The van der Waals surface area contributed by atoms with E-state index in [-0.39, 0.29) is 12.1 Å². The maximum absolute atomic E-state index is 13.0. The summed E-state index contributed by atoms with van der Waals surface area (Å²) < 4.78 is 0. The normalized spacial score (nSPS) is 20.6. The van der Waals surface area contributed by atoms with E-state index in [1.807, 2.05) is 6.92 Å². The zero-order chi connectivity index (χ0) is 24.8. The lowest BCUT2D eigenvalue weighted by atomic mass is 9.79. The summed E-state index contributed by atoms with van der Waals surface area (Å²) in [5, 5.41) is 2.78. The number of anilines is 2. The van der Waals surface area contributed by atoms with Gasteiger partial charge < -0.3 is 10.2 Å². The molecule has 2 aromatic carbocycles. The molecule has 0 unspecified atom stereocenters. The summed E-state index contributed by atoms with van der Waals surface area (Å²) in [5.74, 6) is -0.527. The second-order valence-corrected chi connectivity index (χ2v) is 11.0. The van der Waals surface area contributed by atoms with Gasteiger partial charge in [0.25, 0.3) is 11.1 Å². The number of carbonyl (C=O) groups is 3. The number of halogens is 1. The number of hydrogen-bond acceptors (Lipinski definition) is 5. The lowest BCUT2D eigenvalue weighted by molar-refractivity contribution is -0.127. The van der Waals surface area contributed by atoms with Crippen molar-refractivity contribution in [2.75, 3.05) is 23.8 Å². The van der Waals surface area contributed by atoms with E-state index in [0.717, 1.165) is 34.2 Å². The van der Waals surface area contributed by atoms with E-state index in [4.69, 9.17) is 11.6 Å². The highest BCUT2D eigenvalue weighted by Crippen LogP contribution is 2.44. The molecule has 2 aliphatic rings. The number of thioether (sulfide) groups is 1. The topological polar surface area (TPSA) is 69.7 Å². The molecule has 1 fully saturated rings. The Kier molecular flexibility index (Phi) is 6.53. The second-order valence-electron chi connectivity index (χ2n) is 9.57. The van der Waals surface area contributed by atoms with Crippen molar-refractivity contribution < 1.29 is 14.4 Å². The van der Waals surface area contributed by atoms with Gasteiger partial charge in [0.1, 0.15) is 6.54 Å². The van der Waals surface area contributed by atoms with Crippen LogP contribution in [0.25, 0.3) is 6.08 Å². The van der Waals surface area contributed by atoms with Crippen LogP contribution >= 0.6 is 23.4 Å². The van der Waals surface area contributed by atoms with E-state index in [1.54, 1.807) is 30.3 Å². The summed E-state index contributed by atoms with van der Waals surface area (Å²) in [6.07, 6.45) is 2.79. The van der Waals surface area contributed by atoms with Crippen LogP contribution in [-0.2, 0) is 9.59 Å². The third-order valence-electron chi connectivity index (χ3n) is 6.61. The first-order chi connectivity index (χ1) is 16.0. The molecule has 2 heterocycles. The number of carbonyl (C=O) groups excluding carboxylic acids is 3. The number of rotatable bonds is 4. The first-order valence-electron chi connectivity index (χ1n) is 11.2. The molecule has 0 spiro atoms. The van der Waals surface area contributed by atoms with Crippen molar-refractivity contribution in [3.05, 3.63) is 63.0 Å². The summed E-state index contributed by atoms with van der Waals surface area (Å²) in [6, 6.07) is 10.9. The van der Waals surface area contributed by atoms with Crippen LogP contribution in [0, 0.1) is 6.92 Å². The van der Waals surface area contributed by atoms with Gasteiger partial charge in [-0.2, -0.15) is 0 Å². The van der Waals surface area contributed by atoms with Crippen LogP contribution in [0.3, 0.4) is 0 Å². The molecule has 8 heteroatoms. The summed E-state index contributed by atoms with van der Waals surface area (Å²) >= 11 is 6.73. The van der Waals surface area contributed by atoms with E-state index in [2.05, 4.69) is 50.2 Å². The monoisotopic (exact) mass is 497 g/mol. The lowest BCUT2D eigenvalue weighted by Gasteiger charge is -2.45. The first kappa shape index (κ1) is 24.4. The highest BCUT2D eigenvalue weighted by Gasteiger charge is 2.37. The van der Waals surface area contributed by atoms with Crippen LogP contribution in [0.5, 0.6) is 0 Å². The van der Waals surface area contributed by atoms with Gasteiger partial charge in [0, 0.05) is 29.0 Å². The van der Waals surface area contributed by atoms with Crippen molar-refractivity contribution >= 4 is 57.9 Å². The second kappa shape index (κ2) is 9.12. The molecule has 0 aromatic heterocycles. The van der Waals surface area contributed by atoms with Gasteiger partial charge in [-0.1, -0.05) is 18.5 Å².